The van der Waals surface area contributed by atoms with E-state index in [1.165, 1.54) is 5.57 Å². The van der Waals surface area contributed by atoms with E-state index in [0.717, 1.165) is 6.42 Å². The summed E-state index contributed by atoms with van der Waals surface area (Å²) in [7, 11) is 2.18. The van der Waals surface area contributed by atoms with Crippen molar-refractivity contribution in [3.63, 3.8) is 0 Å². The van der Waals surface area contributed by atoms with Crippen LogP contribution in [-0.4, -0.2) is 24.0 Å². The molecular weight excluding hydrogens is 146 g/mol. The first kappa shape index (κ1) is 9.53. The highest BCUT2D eigenvalue weighted by Crippen LogP contribution is 2.15. The lowest BCUT2D eigenvalue weighted by atomic mass is 10.0. The van der Waals surface area contributed by atoms with Gasteiger partial charge in [-0.25, -0.2) is 0 Å². The van der Waals surface area contributed by atoms with Crippen LogP contribution in [0.1, 0.15) is 27.2 Å². The van der Waals surface area contributed by atoms with E-state index in [1.54, 1.807) is 0 Å². The highest BCUT2D eigenvalue weighted by Gasteiger charge is 2.15. The number of nitrogens with zero attached hydrogens (tertiary/aromatic N) is 1. The van der Waals surface area contributed by atoms with E-state index in [-0.39, 0.29) is 0 Å². The maximum absolute atomic E-state index is 2.39. The quantitative estimate of drug-likeness (QED) is 0.499. The van der Waals surface area contributed by atoms with Crippen molar-refractivity contribution in [2.24, 2.45) is 0 Å². The number of hydrogen-bond acceptors (Lipinski definition) is 1. The van der Waals surface area contributed by atoms with E-state index < -0.39 is 0 Å². The minimum Gasteiger partial charge on any atom is -0.294 e. The number of allylic oxidation sites excluding steroid dienone is 2. The Morgan fingerprint density at radius 2 is 2.08 bits per heavy atom. The predicted octanol–water partition coefficient (Wildman–Crippen LogP) is 2.60. The zero-order valence-electron chi connectivity index (χ0n) is 8.54. The molecule has 0 amide bonds. The van der Waals surface area contributed by atoms with Crippen LogP contribution in [0.2, 0.25) is 0 Å². The molecule has 0 spiro atoms. The molecule has 0 aliphatic carbocycles. The molecule has 0 bridgehead atoms. The van der Waals surface area contributed by atoms with Gasteiger partial charge < -0.3 is 0 Å². The molecule has 2 unspecified atom stereocenters. The third kappa shape index (κ3) is 1.98. The molecule has 1 aliphatic rings. The van der Waals surface area contributed by atoms with Crippen LogP contribution < -0.4 is 0 Å². The third-order valence-electron chi connectivity index (χ3n) is 2.90. The molecule has 1 heteroatoms. The van der Waals surface area contributed by atoms with Gasteiger partial charge in [-0.3, -0.25) is 4.90 Å². The molecule has 0 N–H and O–H groups in total. The molecule has 0 aromatic carbocycles. The van der Waals surface area contributed by atoms with Gasteiger partial charge >= 0.3 is 0 Å². The van der Waals surface area contributed by atoms with Gasteiger partial charge in [-0.15, -0.1) is 0 Å². The van der Waals surface area contributed by atoms with E-state index >= 15 is 0 Å². The van der Waals surface area contributed by atoms with Crippen molar-refractivity contribution in [2.75, 3.05) is 7.05 Å². The normalized spacial score (nSPS) is 36.8. The molecule has 12 heavy (non-hydrogen) atoms. The second kappa shape index (κ2) is 3.90. The summed E-state index contributed by atoms with van der Waals surface area (Å²) in [6, 6.07) is 1.13. The van der Waals surface area contributed by atoms with Gasteiger partial charge in [0.05, 0.1) is 0 Å². The van der Waals surface area contributed by atoms with Crippen LogP contribution in [0, 0.1) is 0 Å². The summed E-state index contributed by atoms with van der Waals surface area (Å²) >= 11 is 0. The molecule has 1 aliphatic heterocycles. The fourth-order valence-electron chi connectivity index (χ4n) is 1.51. The van der Waals surface area contributed by atoms with Gasteiger partial charge in [-0.1, -0.05) is 23.8 Å². The van der Waals surface area contributed by atoms with Crippen LogP contribution in [0.4, 0.5) is 0 Å². The van der Waals surface area contributed by atoms with Gasteiger partial charge in [0.15, 0.2) is 0 Å². The Bertz CT molecular complexity index is 203. The van der Waals surface area contributed by atoms with Crippen LogP contribution in [-0.2, 0) is 0 Å². The smallest absolute Gasteiger partial charge is 0.0279 e. The average molecular weight is 165 g/mol. The van der Waals surface area contributed by atoms with Gasteiger partial charge in [0.25, 0.3) is 0 Å². The number of rotatable bonds is 0. The molecule has 1 heterocycles. The fourth-order valence-corrected chi connectivity index (χ4v) is 1.51. The highest BCUT2D eigenvalue weighted by molar-refractivity contribution is 5.13. The first-order valence-corrected chi connectivity index (χ1v) is 4.68. The molecule has 1 nitrogen and oxygen atoms in total. The van der Waals surface area contributed by atoms with Gasteiger partial charge in [-0.05, 0) is 34.2 Å². The Morgan fingerprint density at radius 1 is 1.42 bits per heavy atom. The Balaban J connectivity index is 2.79. The maximum atomic E-state index is 2.39. The Kier molecular flexibility index (Phi) is 3.10. The first-order chi connectivity index (χ1) is 5.63. The van der Waals surface area contributed by atoms with Gasteiger partial charge in [0.2, 0.25) is 0 Å². The van der Waals surface area contributed by atoms with E-state index in [9.17, 15) is 0 Å². The molecule has 0 saturated heterocycles. The van der Waals surface area contributed by atoms with Crippen molar-refractivity contribution in [3.05, 3.63) is 23.8 Å². The number of hydrogen-bond donors (Lipinski definition) is 0. The molecular formula is C11H19N. The Hall–Kier alpha value is -0.560. The lowest BCUT2D eigenvalue weighted by Gasteiger charge is -2.30. The van der Waals surface area contributed by atoms with Crippen molar-refractivity contribution >= 4 is 0 Å². The van der Waals surface area contributed by atoms with Gasteiger partial charge in [0.1, 0.15) is 0 Å². The molecule has 0 radical (unpaired) electrons. The maximum Gasteiger partial charge on any atom is 0.0279 e. The molecule has 0 aromatic heterocycles. The second-order valence-corrected chi connectivity index (χ2v) is 3.69. The summed E-state index contributed by atoms with van der Waals surface area (Å²) in [5.74, 6) is 0. The van der Waals surface area contributed by atoms with Gasteiger partial charge in [-0.2, -0.15) is 0 Å². The zero-order chi connectivity index (χ0) is 9.14. The minimum absolute atomic E-state index is 0.559. The molecule has 0 aromatic rings. The topological polar surface area (TPSA) is 3.24 Å². The summed E-state index contributed by atoms with van der Waals surface area (Å²) in [4.78, 5) is 2.39. The standard InChI is InChI=1S/C11H19N/c1-9-7-5-6-8-10(2)12(4)11(9)3/h6-8,10-11H,5H2,1-4H3/b8-6?,9-7-. The minimum atomic E-state index is 0.559. The van der Waals surface area contributed by atoms with Crippen molar-refractivity contribution in [3.8, 4) is 0 Å². The Labute approximate surface area is 75.8 Å². The van der Waals surface area contributed by atoms with Crippen molar-refractivity contribution in [1.82, 2.24) is 4.90 Å². The highest BCUT2D eigenvalue weighted by atomic mass is 15.1. The van der Waals surface area contributed by atoms with Crippen LogP contribution in [0.25, 0.3) is 0 Å². The fraction of sp³-hybridized carbons (Fsp3) is 0.636. The van der Waals surface area contributed by atoms with Crippen LogP contribution in [0.3, 0.4) is 0 Å². The van der Waals surface area contributed by atoms with Crippen LogP contribution in [0.15, 0.2) is 23.8 Å². The lowest BCUT2D eigenvalue weighted by molar-refractivity contribution is 0.251. The van der Waals surface area contributed by atoms with Crippen molar-refractivity contribution in [1.29, 1.82) is 0 Å². The van der Waals surface area contributed by atoms with Crippen LogP contribution in [0.5, 0.6) is 0 Å². The monoisotopic (exact) mass is 165 g/mol. The molecule has 0 fully saturated rings. The summed E-state index contributed by atoms with van der Waals surface area (Å²) < 4.78 is 0. The molecule has 1 rings (SSSR count). The zero-order valence-corrected chi connectivity index (χ0v) is 8.54. The predicted molar refractivity (Wildman–Crippen MR) is 54.2 cm³/mol. The van der Waals surface area contributed by atoms with E-state index in [4.69, 9.17) is 0 Å². The summed E-state index contributed by atoms with van der Waals surface area (Å²) in [6.07, 6.45) is 7.92. The average Bonchev–Trinajstić information content (AvgIpc) is 2.07. The largest absolute Gasteiger partial charge is 0.294 e. The Morgan fingerprint density at radius 3 is 2.75 bits per heavy atom. The van der Waals surface area contributed by atoms with Crippen molar-refractivity contribution in [2.45, 2.75) is 39.3 Å². The van der Waals surface area contributed by atoms with Crippen LogP contribution >= 0.6 is 0 Å². The molecule has 2 atom stereocenters. The number of likely N-dealkylation sites (N-methyl/N-ethyl adjacent to an activating group) is 1. The molecule has 0 saturated carbocycles. The van der Waals surface area contributed by atoms with Crippen molar-refractivity contribution < 1.29 is 0 Å². The second-order valence-electron chi connectivity index (χ2n) is 3.69. The summed E-state index contributed by atoms with van der Waals surface area (Å²) in [5.41, 5.74) is 1.48. The first-order valence-electron chi connectivity index (χ1n) is 4.68. The van der Waals surface area contributed by atoms with Gasteiger partial charge in [0, 0.05) is 12.1 Å². The lowest BCUT2D eigenvalue weighted by Crippen LogP contribution is -2.36. The summed E-state index contributed by atoms with van der Waals surface area (Å²) in [5, 5.41) is 0. The summed E-state index contributed by atoms with van der Waals surface area (Å²) in [6.45, 7) is 6.72. The molecule has 68 valence electrons. The van der Waals surface area contributed by atoms with E-state index in [1.807, 2.05) is 0 Å². The van der Waals surface area contributed by atoms with E-state index in [2.05, 4.69) is 50.9 Å². The van der Waals surface area contributed by atoms with E-state index in [0.29, 0.717) is 12.1 Å². The SMILES string of the molecule is C/C1=C/CC=CC(C)N(C)C1C. The third-order valence-corrected chi connectivity index (χ3v) is 2.90.